The molecule has 1 heteroatoms. The molecule has 10 heavy (non-hydrogen) atoms. The molecular weight excluding hydrogens is 122 g/mol. The highest BCUT2D eigenvalue weighted by atomic mass is 14.9. The van der Waals surface area contributed by atoms with Crippen molar-refractivity contribution in [2.24, 2.45) is 5.41 Å². The Balaban J connectivity index is 3.64. The van der Waals surface area contributed by atoms with Crippen LogP contribution in [-0.4, -0.2) is 13.1 Å². The SMILES string of the molecule is CCC(C)(C)C[C@@H](C)NC. The summed E-state index contributed by atoms with van der Waals surface area (Å²) in [6.45, 7) is 9.13. The zero-order valence-electron chi connectivity index (χ0n) is 7.99. The van der Waals surface area contributed by atoms with Gasteiger partial charge in [-0.3, -0.25) is 0 Å². The van der Waals surface area contributed by atoms with Crippen LogP contribution in [0.15, 0.2) is 0 Å². The molecule has 1 N–H and O–H groups in total. The molecule has 0 aromatic carbocycles. The lowest BCUT2D eigenvalue weighted by Crippen LogP contribution is -2.27. The van der Waals surface area contributed by atoms with E-state index >= 15 is 0 Å². The molecule has 0 rings (SSSR count). The van der Waals surface area contributed by atoms with Gasteiger partial charge in [-0.05, 0) is 25.8 Å². The van der Waals surface area contributed by atoms with Crippen LogP contribution in [0.1, 0.15) is 40.5 Å². The van der Waals surface area contributed by atoms with Crippen LogP contribution >= 0.6 is 0 Å². The van der Waals surface area contributed by atoms with E-state index in [1.165, 1.54) is 12.8 Å². The van der Waals surface area contributed by atoms with Gasteiger partial charge < -0.3 is 5.32 Å². The highest BCUT2D eigenvalue weighted by Gasteiger charge is 2.17. The summed E-state index contributed by atoms with van der Waals surface area (Å²) in [7, 11) is 2.02. The Bertz CT molecular complexity index is 86.7. The van der Waals surface area contributed by atoms with Gasteiger partial charge in [-0.25, -0.2) is 0 Å². The highest BCUT2D eigenvalue weighted by molar-refractivity contribution is 4.72. The van der Waals surface area contributed by atoms with E-state index in [1.807, 2.05) is 7.05 Å². The molecular formula is C9H21N. The lowest BCUT2D eigenvalue weighted by Gasteiger charge is -2.26. The second kappa shape index (κ2) is 3.97. The van der Waals surface area contributed by atoms with Gasteiger partial charge in [0.2, 0.25) is 0 Å². The normalized spacial score (nSPS) is 15.3. The van der Waals surface area contributed by atoms with Crippen molar-refractivity contribution in [3.8, 4) is 0 Å². The van der Waals surface area contributed by atoms with Crippen LogP contribution in [0.25, 0.3) is 0 Å². The molecule has 0 unspecified atom stereocenters. The average Bonchev–Trinajstić information content (AvgIpc) is 1.87. The van der Waals surface area contributed by atoms with Gasteiger partial charge >= 0.3 is 0 Å². The van der Waals surface area contributed by atoms with E-state index in [2.05, 4.69) is 33.0 Å². The smallest absolute Gasteiger partial charge is 0.00408 e. The number of hydrogen-bond donors (Lipinski definition) is 1. The first kappa shape index (κ1) is 9.96. The summed E-state index contributed by atoms with van der Waals surface area (Å²) in [5.41, 5.74) is 0.502. The molecule has 0 aromatic heterocycles. The summed E-state index contributed by atoms with van der Waals surface area (Å²) in [6, 6.07) is 0.648. The van der Waals surface area contributed by atoms with Crippen molar-refractivity contribution in [3.63, 3.8) is 0 Å². The van der Waals surface area contributed by atoms with E-state index < -0.39 is 0 Å². The molecule has 62 valence electrons. The lowest BCUT2D eigenvalue weighted by atomic mass is 9.84. The molecule has 0 radical (unpaired) electrons. The molecule has 0 spiro atoms. The molecule has 0 aliphatic carbocycles. The maximum Gasteiger partial charge on any atom is 0.00408 e. The maximum absolute atomic E-state index is 3.26. The first-order valence-electron chi connectivity index (χ1n) is 4.19. The largest absolute Gasteiger partial charge is 0.317 e. The first-order chi connectivity index (χ1) is 4.52. The second-order valence-corrected chi connectivity index (χ2v) is 3.91. The molecule has 0 fully saturated rings. The van der Waals surface area contributed by atoms with Gasteiger partial charge in [0.1, 0.15) is 0 Å². The van der Waals surface area contributed by atoms with Crippen molar-refractivity contribution in [2.45, 2.75) is 46.6 Å². The molecule has 1 nitrogen and oxygen atoms in total. The van der Waals surface area contributed by atoms with E-state index in [9.17, 15) is 0 Å². The van der Waals surface area contributed by atoms with E-state index in [0.717, 1.165) is 0 Å². The minimum Gasteiger partial charge on any atom is -0.317 e. The van der Waals surface area contributed by atoms with Gasteiger partial charge in [0.15, 0.2) is 0 Å². The third-order valence-electron chi connectivity index (χ3n) is 2.31. The molecule has 0 aliphatic heterocycles. The Morgan fingerprint density at radius 1 is 1.40 bits per heavy atom. The lowest BCUT2D eigenvalue weighted by molar-refractivity contribution is 0.285. The van der Waals surface area contributed by atoms with Crippen LogP contribution in [-0.2, 0) is 0 Å². The Kier molecular flexibility index (Phi) is 3.95. The van der Waals surface area contributed by atoms with Gasteiger partial charge in [-0.2, -0.15) is 0 Å². The van der Waals surface area contributed by atoms with Crippen molar-refractivity contribution >= 4 is 0 Å². The molecule has 0 heterocycles. The Morgan fingerprint density at radius 2 is 1.90 bits per heavy atom. The second-order valence-electron chi connectivity index (χ2n) is 3.91. The number of rotatable bonds is 4. The van der Waals surface area contributed by atoms with Crippen molar-refractivity contribution < 1.29 is 0 Å². The molecule has 0 bridgehead atoms. The molecule has 0 aliphatic rings. The fourth-order valence-electron chi connectivity index (χ4n) is 1.08. The van der Waals surface area contributed by atoms with Gasteiger partial charge in [0.25, 0.3) is 0 Å². The van der Waals surface area contributed by atoms with E-state index in [1.54, 1.807) is 0 Å². The van der Waals surface area contributed by atoms with E-state index in [0.29, 0.717) is 11.5 Å². The van der Waals surface area contributed by atoms with Crippen LogP contribution in [0.5, 0.6) is 0 Å². The predicted octanol–water partition coefficient (Wildman–Crippen LogP) is 2.42. The Morgan fingerprint density at radius 3 is 2.20 bits per heavy atom. The van der Waals surface area contributed by atoms with Crippen molar-refractivity contribution in [1.82, 2.24) is 5.32 Å². The van der Waals surface area contributed by atoms with Gasteiger partial charge in [-0.1, -0.05) is 27.2 Å². The third-order valence-corrected chi connectivity index (χ3v) is 2.31. The molecule has 0 aromatic rings. The minimum atomic E-state index is 0.502. The molecule has 1 atom stereocenters. The zero-order valence-corrected chi connectivity index (χ0v) is 7.99. The number of hydrogen-bond acceptors (Lipinski definition) is 1. The summed E-state index contributed by atoms with van der Waals surface area (Å²) in [6.07, 6.45) is 2.53. The summed E-state index contributed by atoms with van der Waals surface area (Å²) >= 11 is 0. The molecule has 0 saturated carbocycles. The quantitative estimate of drug-likeness (QED) is 0.637. The minimum absolute atomic E-state index is 0.502. The summed E-state index contributed by atoms with van der Waals surface area (Å²) in [4.78, 5) is 0. The predicted molar refractivity (Wildman–Crippen MR) is 47.2 cm³/mol. The van der Waals surface area contributed by atoms with E-state index in [-0.39, 0.29) is 0 Å². The average molecular weight is 143 g/mol. The zero-order chi connectivity index (χ0) is 8.20. The standard InChI is InChI=1S/C9H21N/c1-6-9(3,4)7-8(2)10-5/h8,10H,6-7H2,1-5H3/t8-/m1/s1. The van der Waals surface area contributed by atoms with Crippen LogP contribution in [0, 0.1) is 5.41 Å². The fourth-order valence-corrected chi connectivity index (χ4v) is 1.08. The fraction of sp³-hybridized carbons (Fsp3) is 1.00. The maximum atomic E-state index is 3.26. The highest BCUT2D eigenvalue weighted by Crippen LogP contribution is 2.25. The van der Waals surface area contributed by atoms with Crippen LogP contribution in [0.3, 0.4) is 0 Å². The first-order valence-corrected chi connectivity index (χ1v) is 4.19. The third kappa shape index (κ3) is 3.89. The van der Waals surface area contributed by atoms with Gasteiger partial charge in [0.05, 0.1) is 0 Å². The van der Waals surface area contributed by atoms with Crippen molar-refractivity contribution in [3.05, 3.63) is 0 Å². The van der Waals surface area contributed by atoms with Gasteiger partial charge in [0, 0.05) is 6.04 Å². The molecule has 0 amide bonds. The molecule has 0 saturated heterocycles. The van der Waals surface area contributed by atoms with Crippen molar-refractivity contribution in [2.75, 3.05) is 7.05 Å². The summed E-state index contributed by atoms with van der Waals surface area (Å²) in [5.74, 6) is 0. The van der Waals surface area contributed by atoms with Gasteiger partial charge in [-0.15, -0.1) is 0 Å². The topological polar surface area (TPSA) is 12.0 Å². The van der Waals surface area contributed by atoms with Crippen molar-refractivity contribution in [1.29, 1.82) is 0 Å². The number of nitrogens with one attached hydrogen (secondary N) is 1. The monoisotopic (exact) mass is 143 g/mol. The van der Waals surface area contributed by atoms with Crippen LogP contribution in [0.4, 0.5) is 0 Å². The van der Waals surface area contributed by atoms with E-state index in [4.69, 9.17) is 0 Å². The summed E-state index contributed by atoms with van der Waals surface area (Å²) in [5, 5.41) is 3.26. The summed E-state index contributed by atoms with van der Waals surface area (Å²) < 4.78 is 0. The van der Waals surface area contributed by atoms with Crippen LogP contribution < -0.4 is 5.32 Å². The van der Waals surface area contributed by atoms with Crippen LogP contribution in [0.2, 0.25) is 0 Å². The Hall–Kier alpha value is -0.0400. The Labute approximate surface area is 65.2 Å².